The molecule has 0 aromatic heterocycles. The van der Waals surface area contributed by atoms with Crippen molar-refractivity contribution in [1.29, 1.82) is 0 Å². The predicted molar refractivity (Wildman–Crippen MR) is 52.8 cm³/mol. The number of carboxylic acids is 1. The number of hydrogen-bond donors (Lipinski definition) is 2. The van der Waals surface area contributed by atoms with Crippen molar-refractivity contribution in [2.24, 2.45) is 0 Å². The Morgan fingerprint density at radius 1 is 1.54 bits per heavy atom. The second-order valence-corrected chi connectivity index (χ2v) is 3.46. The number of carboxylic acid groups (broad SMARTS) is 1. The highest BCUT2D eigenvalue weighted by Gasteiger charge is 1.97. The van der Waals surface area contributed by atoms with E-state index < -0.39 is 5.97 Å². The Hall–Kier alpha value is -0.970. The third kappa shape index (κ3) is 8.94. The number of rotatable bonds is 6. The van der Waals surface area contributed by atoms with Crippen LogP contribution in [-0.2, 0) is 9.59 Å². The van der Waals surface area contributed by atoms with Crippen molar-refractivity contribution in [3.8, 4) is 0 Å². The first-order valence-electron chi connectivity index (χ1n) is 3.90. The van der Waals surface area contributed by atoms with Crippen molar-refractivity contribution < 1.29 is 14.7 Å². The zero-order chi connectivity index (χ0) is 10.1. The largest absolute Gasteiger partial charge is 0.478 e. The van der Waals surface area contributed by atoms with Crippen LogP contribution in [0.5, 0.6) is 0 Å². The van der Waals surface area contributed by atoms with Crippen LogP contribution in [0.25, 0.3) is 0 Å². The lowest BCUT2D eigenvalue weighted by atomic mass is 10.5. The van der Waals surface area contributed by atoms with Gasteiger partial charge in [0.25, 0.3) is 0 Å². The highest BCUT2D eigenvalue weighted by Crippen LogP contribution is 1.95. The SMILES string of the molecule is CCSCC(=O)NCC=CC(=O)O. The molecule has 4 nitrogen and oxygen atoms in total. The zero-order valence-corrected chi connectivity index (χ0v) is 8.26. The lowest BCUT2D eigenvalue weighted by Crippen LogP contribution is -2.25. The van der Waals surface area contributed by atoms with E-state index in [1.807, 2.05) is 6.92 Å². The van der Waals surface area contributed by atoms with Crippen molar-refractivity contribution in [3.05, 3.63) is 12.2 Å². The molecule has 1 amide bonds. The summed E-state index contributed by atoms with van der Waals surface area (Å²) in [5.41, 5.74) is 0. The molecule has 2 N–H and O–H groups in total. The predicted octanol–water partition coefficient (Wildman–Crippen LogP) is 0.496. The van der Waals surface area contributed by atoms with E-state index in [2.05, 4.69) is 5.32 Å². The number of aliphatic carboxylic acids is 1. The average Bonchev–Trinajstić information content (AvgIpc) is 2.08. The molecule has 0 unspecified atom stereocenters. The van der Waals surface area contributed by atoms with E-state index in [0.717, 1.165) is 11.8 Å². The van der Waals surface area contributed by atoms with Crippen LogP contribution < -0.4 is 5.32 Å². The first-order valence-corrected chi connectivity index (χ1v) is 5.06. The van der Waals surface area contributed by atoms with Crippen LogP contribution in [0.1, 0.15) is 6.92 Å². The number of thioether (sulfide) groups is 1. The quantitative estimate of drug-likeness (QED) is 0.617. The van der Waals surface area contributed by atoms with E-state index in [-0.39, 0.29) is 12.5 Å². The van der Waals surface area contributed by atoms with Gasteiger partial charge in [0.2, 0.25) is 5.91 Å². The Kier molecular flexibility index (Phi) is 7.10. The second-order valence-electron chi connectivity index (χ2n) is 2.18. The molecule has 74 valence electrons. The molecule has 0 aromatic carbocycles. The maximum absolute atomic E-state index is 10.9. The second kappa shape index (κ2) is 7.67. The molecule has 0 aliphatic heterocycles. The van der Waals surface area contributed by atoms with Gasteiger partial charge < -0.3 is 10.4 Å². The fourth-order valence-corrected chi connectivity index (χ4v) is 1.07. The van der Waals surface area contributed by atoms with Crippen molar-refractivity contribution in [2.45, 2.75) is 6.92 Å². The number of nitrogens with one attached hydrogen (secondary N) is 1. The minimum absolute atomic E-state index is 0.0677. The fourth-order valence-electron chi connectivity index (χ4n) is 0.578. The molecule has 0 aromatic rings. The Bertz CT molecular complexity index is 204. The molecule has 13 heavy (non-hydrogen) atoms. The van der Waals surface area contributed by atoms with Gasteiger partial charge in [-0.15, -0.1) is 0 Å². The van der Waals surface area contributed by atoms with Crippen LogP contribution in [0.15, 0.2) is 12.2 Å². The summed E-state index contributed by atoms with van der Waals surface area (Å²) in [4.78, 5) is 20.9. The summed E-state index contributed by atoms with van der Waals surface area (Å²) in [6, 6.07) is 0. The fraction of sp³-hybridized carbons (Fsp3) is 0.500. The van der Waals surface area contributed by atoms with Crippen molar-refractivity contribution in [3.63, 3.8) is 0 Å². The van der Waals surface area contributed by atoms with E-state index in [0.29, 0.717) is 5.75 Å². The Balaban J connectivity index is 3.42. The van der Waals surface area contributed by atoms with Crippen LogP contribution in [0.4, 0.5) is 0 Å². The Morgan fingerprint density at radius 2 is 2.23 bits per heavy atom. The first kappa shape index (κ1) is 12.0. The molecule has 0 saturated carbocycles. The van der Waals surface area contributed by atoms with Gasteiger partial charge in [0.1, 0.15) is 0 Å². The molecule has 5 heteroatoms. The standard InChI is InChI=1S/C8H13NO3S/c1-2-13-6-7(10)9-5-3-4-8(11)12/h3-4H,2,5-6H2,1H3,(H,9,10)(H,11,12). The highest BCUT2D eigenvalue weighted by atomic mass is 32.2. The molecule has 0 saturated heterocycles. The van der Waals surface area contributed by atoms with Crippen LogP contribution in [-0.4, -0.2) is 35.0 Å². The maximum atomic E-state index is 10.9. The van der Waals surface area contributed by atoms with E-state index >= 15 is 0 Å². The molecule has 0 radical (unpaired) electrons. The summed E-state index contributed by atoms with van der Waals surface area (Å²) >= 11 is 1.53. The van der Waals surface area contributed by atoms with Gasteiger partial charge in [0.15, 0.2) is 0 Å². The topological polar surface area (TPSA) is 66.4 Å². The maximum Gasteiger partial charge on any atom is 0.328 e. The first-order chi connectivity index (χ1) is 6.16. The monoisotopic (exact) mass is 203 g/mol. The van der Waals surface area contributed by atoms with Gasteiger partial charge >= 0.3 is 5.97 Å². The summed E-state index contributed by atoms with van der Waals surface area (Å²) in [6.07, 6.45) is 2.41. The van der Waals surface area contributed by atoms with Crippen molar-refractivity contribution in [2.75, 3.05) is 18.1 Å². The van der Waals surface area contributed by atoms with Gasteiger partial charge in [0, 0.05) is 12.6 Å². The molecule has 0 spiro atoms. The van der Waals surface area contributed by atoms with Crippen LogP contribution >= 0.6 is 11.8 Å². The minimum atomic E-state index is -1.00. The summed E-state index contributed by atoms with van der Waals surface area (Å²) in [5, 5.41) is 10.8. The van der Waals surface area contributed by atoms with Gasteiger partial charge in [-0.2, -0.15) is 11.8 Å². The highest BCUT2D eigenvalue weighted by molar-refractivity contribution is 7.99. The van der Waals surface area contributed by atoms with Crippen LogP contribution in [0.3, 0.4) is 0 Å². The third-order valence-corrected chi connectivity index (χ3v) is 1.99. The molecule has 0 atom stereocenters. The van der Waals surface area contributed by atoms with E-state index in [1.54, 1.807) is 0 Å². The van der Waals surface area contributed by atoms with Gasteiger partial charge in [-0.3, -0.25) is 4.79 Å². The lowest BCUT2D eigenvalue weighted by molar-refractivity contribution is -0.131. The summed E-state index contributed by atoms with van der Waals surface area (Å²) < 4.78 is 0. The molecular formula is C8H13NO3S. The Morgan fingerprint density at radius 3 is 2.77 bits per heavy atom. The molecule has 0 aliphatic rings. The van der Waals surface area contributed by atoms with Gasteiger partial charge in [-0.1, -0.05) is 13.0 Å². The summed E-state index contributed by atoms with van der Waals surface area (Å²) in [6.45, 7) is 2.25. The normalized spacial score (nSPS) is 10.2. The smallest absolute Gasteiger partial charge is 0.328 e. The molecule has 0 heterocycles. The van der Waals surface area contributed by atoms with Crippen molar-refractivity contribution >= 4 is 23.6 Å². The van der Waals surface area contributed by atoms with Crippen LogP contribution in [0, 0.1) is 0 Å². The molecule has 0 fully saturated rings. The molecule has 0 aliphatic carbocycles. The molecule has 0 bridgehead atoms. The van der Waals surface area contributed by atoms with Gasteiger partial charge in [-0.25, -0.2) is 4.79 Å². The summed E-state index contributed by atoms with van der Waals surface area (Å²) in [7, 11) is 0. The number of carbonyl (C=O) groups is 2. The van der Waals surface area contributed by atoms with Gasteiger partial charge in [0.05, 0.1) is 5.75 Å². The summed E-state index contributed by atoms with van der Waals surface area (Å²) in [5.74, 6) is 0.259. The number of hydrogen-bond acceptors (Lipinski definition) is 3. The van der Waals surface area contributed by atoms with E-state index in [4.69, 9.17) is 5.11 Å². The average molecular weight is 203 g/mol. The third-order valence-electron chi connectivity index (χ3n) is 1.11. The zero-order valence-electron chi connectivity index (χ0n) is 7.45. The Labute approximate surface area is 81.4 Å². The van der Waals surface area contributed by atoms with Crippen molar-refractivity contribution in [1.82, 2.24) is 5.32 Å². The molecular weight excluding hydrogens is 190 g/mol. The number of carbonyl (C=O) groups excluding carboxylic acids is 1. The number of amides is 1. The minimum Gasteiger partial charge on any atom is -0.478 e. The lowest BCUT2D eigenvalue weighted by Gasteiger charge is -1.99. The van der Waals surface area contributed by atoms with E-state index in [9.17, 15) is 9.59 Å². The van der Waals surface area contributed by atoms with Gasteiger partial charge in [-0.05, 0) is 5.75 Å². The van der Waals surface area contributed by atoms with E-state index in [1.165, 1.54) is 17.8 Å². The molecule has 0 rings (SSSR count). The van der Waals surface area contributed by atoms with Crippen LogP contribution in [0.2, 0.25) is 0 Å².